The van der Waals surface area contributed by atoms with Crippen LogP contribution in [0.25, 0.3) is 0 Å². The van der Waals surface area contributed by atoms with Crippen molar-refractivity contribution in [3.05, 3.63) is 36.4 Å². The first-order chi connectivity index (χ1) is 9.32. The molecule has 110 valence electrons. The number of hydrogen-bond donors (Lipinski definition) is 1. The summed E-state index contributed by atoms with van der Waals surface area (Å²) in [6.07, 6.45) is 1.71. The third-order valence-electron chi connectivity index (χ3n) is 2.94. The Hall–Kier alpha value is -1.97. The quantitative estimate of drug-likeness (QED) is 0.664. The summed E-state index contributed by atoms with van der Waals surface area (Å²) in [4.78, 5) is 14.5. The van der Waals surface area contributed by atoms with Crippen molar-refractivity contribution in [2.24, 2.45) is 0 Å². The maximum atomic E-state index is 12.8. The second-order valence-electron chi connectivity index (χ2n) is 5.53. The Balaban J connectivity index is 3.27. The van der Waals surface area contributed by atoms with Crippen LogP contribution in [0.2, 0.25) is 0 Å². The van der Waals surface area contributed by atoms with Crippen LogP contribution in [-0.4, -0.2) is 29.5 Å². The van der Waals surface area contributed by atoms with E-state index in [0.717, 1.165) is 0 Å². The molecule has 0 bridgehead atoms. The fourth-order valence-electron chi connectivity index (χ4n) is 1.98. The summed E-state index contributed by atoms with van der Waals surface area (Å²) < 4.78 is 5.53. The zero-order valence-electron chi connectivity index (χ0n) is 12.8. The predicted octanol–water partition coefficient (Wildman–Crippen LogP) is 3.09. The van der Waals surface area contributed by atoms with Gasteiger partial charge in [-0.25, -0.2) is 0 Å². The van der Waals surface area contributed by atoms with Crippen LogP contribution in [0.15, 0.2) is 30.9 Å². The van der Waals surface area contributed by atoms with Gasteiger partial charge in [-0.15, -0.1) is 6.58 Å². The van der Waals surface area contributed by atoms with Gasteiger partial charge in [0.2, 0.25) is 0 Å². The number of hydrogen-bond acceptors (Lipinski definition) is 3. The molecule has 0 unspecified atom stereocenters. The lowest BCUT2D eigenvalue weighted by atomic mass is 10.0. The van der Waals surface area contributed by atoms with Crippen molar-refractivity contribution in [1.29, 1.82) is 0 Å². The Morgan fingerprint density at radius 1 is 1.45 bits per heavy atom. The zero-order chi connectivity index (χ0) is 15.3. The summed E-state index contributed by atoms with van der Waals surface area (Å²) >= 11 is 0. The molecule has 0 aliphatic carbocycles. The number of nitrogens with zero attached hydrogens (tertiary/aromatic N) is 1. The van der Waals surface area contributed by atoms with Crippen molar-refractivity contribution in [3.63, 3.8) is 0 Å². The first-order valence-electron chi connectivity index (χ1n) is 6.77. The molecule has 1 aromatic rings. The summed E-state index contributed by atoms with van der Waals surface area (Å²) in [5.74, 6) is 0.384. The number of carbonyl (C=O) groups is 1. The molecule has 2 N–H and O–H groups in total. The molecule has 0 saturated heterocycles. The molecule has 0 aliphatic rings. The molecule has 4 heteroatoms. The summed E-state index contributed by atoms with van der Waals surface area (Å²) in [7, 11) is 0. The number of rotatable bonds is 5. The van der Waals surface area contributed by atoms with E-state index in [1.54, 1.807) is 29.2 Å². The summed E-state index contributed by atoms with van der Waals surface area (Å²) in [6.45, 7) is 12.5. The van der Waals surface area contributed by atoms with Gasteiger partial charge in [0.15, 0.2) is 0 Å². The van der Waals surface area contributed by atoms with Gasteiger partial charge in [-0.3, -0.25) is 4.79 Å². The van der Waals surface area contributed by atoms with Gasteiger partial charge in [0.05, 0.1) is 6.61 Å². The molecule has 1 aromatic carbocycles. The van der Waals surface area contributed by atoms with Crippen LogP contribution < -0.4 is 10.5 Å². The van der Waals surface area contributed by atoms with Crippen molar-refractivity contribution in [2.75, 3.05) is 18.9 Å². The average Bonchev–Trinajstić information content (AvgIpc) is 2.34. The normalized spacial score (nSPS) is 11.0. The predicted molar refractivity (Wildman–Crippen MR) is 83.0 cm³/mol. The molecule has 4 nitrogen and oxygen atoms in total. The highest BCUT2D eigenvalue weighted by molar-refractivity contribution is 6.02. The van der Waals surface area contributed by atoms with Gasteiger partial charge < -0.3 is 15.4 Å². The minimum atomic E-state index is -0.322. The zero-order valence-corrected chi connectivity index (χ0v) is 12.8. The van der Waals surface area contributed by atoms with Crippen LogP contribution >= 0.6 is 0 Å². The highest BCUT2D eigenvalue weighted by Gasteiger charge is 2.29. The van der Waals surface area contributed by atoms with E-state index in [-0.39, 0.29) is 11.4 Å². The number of nitrogens with two attached hydrogens (primary N) is 1. The molecular formula is C16H24N2O2. The van der Waals surface area contributed by atoms with E-state index in [0.29, 0.717) is 30.2 Å². The number of benzene rings is 1. The molecule has 0 saturated carbocycles. The van der Waals surface area contributed by atoms with Gasteiger partial charge in [0, 0.05) is 17.8 Å². The van der Waals surface area contributed by atoms with Gasteiger partial charge in [-0.1, -0.05) is 12.1 Å². The van der Waals surface area contributed by atoms with E-state index in [1.165, 1.54) is 0 Å². The lowest BCUT2D eigenvalue weighted by molar-refractivity contribution is 0.0614. The largest absolute Gasteiger partial charge is 0.493 e. The number of carbonyl (C=O) groups excluding carboxylic acids is 1. The van der Waals surface area contributed by atoms with Gasteiger partial charge in [0.25, 0.3) is 5.91 Å². The minimum Gasteiger partial charge on any atom is -0.493 e. The molecular weight excluding hydrogens is 252 g/mol. The van der Waals surface area contributed by atoms with Crippen molar-refractivity contribution in [3.8, 4) is 5.75 Å². The van der Waals surface area contributed by atoms with E-state index >= 15 is 0 Å². The van der Waals surface area contributed by atoms with E-state index in [2.05, 4.69) is 6.58 Å². The Bertz CT molecular complexity index is 490. The monoisotopic (exact) mass is 276 g/mol. The molecule has 0 heterocycles. The third-order valence-corrected chi connectivity index (χ3v) is 2.94. The molecule has 0 aliphatic heterocycles. The molecule has 1 amide bonds. The van der Waals surface area contributed by atoms with Gasteiger partial charge in [-0.05, 0) is 39.8 Å². The van der Waals surface area contributed by atoms with Crippen molar-refractivity contribution in [1.82, 2.24) is 4.90 Å². The topological polar surface area (TPSA) is 55.6 Å². The van der Waals surface area contributed by atoms with Crippen LogP contribution in [0.5, 0.6) is 5.75 Å². The molecule has 1 rings (SSSR count). The van der Waals surface area contributed by atoms with Crippen LogP contribution in [0.1, 0.15) is 38.1 Å². The lowest BCUT2D eigenvalue weighted by Crippen LogP contribution is -2.46. The SMILES string of the molecule is C=CCN(C(=O)c1c(N)cccc1OCC)C(C)(C)C. The number of anilines is 1. The lowest BCUT2D eigenvalue weighted by Gasteiger charge is -2.35. The molecule has 20 heavy (non-hydrogen) atoms. The summed E-state index contributed by atoms with van der Waals surface area (Å²) in [5, 5.41) is 0. The summed E-state index contributed by atoms with van der Waals surface area (Å²) in [5.41, 5.74) is 6.51. The van der Waals surface area contributed by atoms with E-state index in [9.17, 15) is 4.79 Å². The Labute approximate surface area is 121 Å². The third kappa shape index (κ3) is 3.53. The Morgan fingerprint density at radius 3 is 2.60 bits per heavy atom. The average molecular weight is 276 g/mol. The highest BCUT2D eigenvalue weighted by Crippen LogP contribution is 2.28. The highest BCUT2D eigenvalue weighted by atomic mass is 16.5. The maximum absolute atomic E-state index is 12.8. The van der Waals surface area contributed by atoms with Crippen LogP contribution in [0, 0.1) is 0 Å². The fourth-order valence-corrected chi connectivity index (χ4v) is 1.98. The molecule has 0 radical (unpaired) electrons. The van der Waals surface area contributed by atoms with E-state index in [4.69, 9.17) is 10.5 Å². The first kappa shape index (κ1) is 16.1. The van der Waals surface area contributed by atoms with Crippen molar-refractivity contribution < 1.29 is 9.53 Å². The Kier molecular flexibility index (Phi) is 5.19. The van der Waals surface area contributed by atoms with E-state index in [1.807, 2.05) is 27.7 Å². The standard InChI is InChI=1S/C16H24N2O2/c1-6-11-18(16(3,4)5)15(19)14-12(17)9-8-10-13(14)20-7-2/h6,8-10H,1,7,11,17H2,2-5H3. The molecule has 0 fully saturated rings. The van der Waals surface area contributed by atoms with Gasteiger partial charge in [0.1, 0.15) is 11.3 Å². The Morgan fingerprint density at radius 2 is 2.10 bits per heavy atom. The number of nitrogen functional groups attached to an aromatic ring is 1. The maximum Gasteiger partial charge on any atom is 0.260 e. The van der Waals surface area contributed by atoms with Crippen LogP contribution in [0.3, 0.4) is 0 Å². The number of ether oxygens (including phenoxy) is 1. The van der Waals surface area contributed by atoms with Crippen molar-refractivity contribution >= 4 is 11.6 Å². The molecule has 0 atom stereocenters. The van der Waals surface area contributed by atoms with Crippen LogP contribution in [-0.2, 0) is 0 Å². The minimum absolute atomic E-state index is 0.140. The van der Waals surface area contributed by atoms with Crippen LogP contribution in [0.4, 0.5) is 5.69 Å². The molecule has 0 aromatic heterocycles. The van der Waals surface area contributed by atoms with E-state index < -0.39 is 0 Å². The fraction of sp³-hybridized carbons (Fsp3) is 0.438. The first-order valence-corrected chi connectivity index (χ1v) is 6.77. The second kappa shape index (κ2) is 6.46. The smallest absolute Gasteiger partial charge is 0.260 e. The molecule has 0 spiro atoms. The van der Waals surface area contributed by atoms with Gasteiger partial charge >= 0.3 is 0 Å². The number of amides is 1. The summed E-state index contributed by atoms with van der Waals surface area (Å²) in [6, 6.07) is 5.26. The van der Waals surface area contributed by atoms with Crippen molar-refractivity contribution in [2.45, 2.75) is 33.2 Å². The van der Waals surface area contributed by atoms with Gasteiger partial charge in [-0.2, -0.15) is 0 Å². The second-order valence-corrected chi connectivity index (χ2v) is 5.53.